The number of hydrogen-bond donors (Lipinski definition) is 1. The first-order valence-electron chi connectivity index (χ1n) is 7.45. The van der Waals surface area contributed by atoms with E-state index in [1.54, 1.807) is 17.9 Å². The van der Waals surface area contributed by atoms with Crippen LogP contribution >= 0.6 is 11.3 Å². The highest BCUT2D eigenvalue weighted by molar-refractivity contribution is 7.90. The number of carbonyl (C=O) groups excluding carboxylic acids is 1. The molecule has 0 radical (unpaired) electrons. The van der Waals surface area contributed by atoms with Crippen molar-refractivity contribution >= 4 is 42.4 Å². The molecule has 0 saturated carbocycles. The predicted molar refractivity (Wildman–Crippen MR) is 94.6 cm³/mol. The summed E-state index contributed by atoms with van der Waals surface area (Å²) < 4.78 is 36.6. The zero-order valence-electron chi connectivity index (χ0n) is 13.7. The molecule has 6 nitrogen and oxygen atoms in total. The number of anilines is 1. The second-order valence-electron chi connectivity index (χ2n) is 5.68. The van der Waals surface area contributed by atoms with Gasteiger partial charge >= 0.3 is 0 Å². The molecule has 2 rings (SSSR count). The summed E-state index contributed by atoms with van der Waals surface area (Å²) in [5.41, 5.74) is 0.620. The molecule has 0 aliphatic heterocycles. The summed E-state index contributed by atoms with van der Waals surface area (Å²) in [6.45, 7) is 4.26. The van der Waals surface area contributed by atoms with Crippen LogP contribution in [0.5, 0.6) is 0 Å². The van der Waals surface area contributed by atoms with Crippen LogP contribution in [0.15, 0.2) is 18.2 Å². The Morgan fingerprint density at radius 3 is 2.79 bits per heavy atom. The van der Waals surface area contributed by atoms with Gasteiger partial charge in [-0.05, 0) is 31.7 Å². The molecule has 1 amide bonds. The SMILES string of the molecule is CCN(CC(=O)Nc1nc2ccc(F)cc2s1)C(C)CS(C)(=O)=O. The lowest BCUT2D eigenvalue weighted by Crippen LogP contribution is -2.42. The topological polar surface area (TPSA) is 79.4 Å². The van der Waals surface area contributed by atoms with Gasteiger partial charge in [0.1, 0.15) is 15.7 Å². The summed E-state index contributed by atoms with van der Waals surface area (Å²) in [4.78, 5) is 18.2. The van der Waals surface area contributed by atoms with E-state index in [0.717, 1.165) is 0 Å². The third kappa shape index (κ3) is 5.22. The molecular formula is C15H20FN3O3S2. The summed E-state index contributed by atoms with van der Waals surface area (Å²) >= 11 is 1.20. The first-order chi connectivity index (χ1) is 11.2. The number of amides is 1. The van der Waals surface area contributed by atoms with E-state index >= 15 is 0 Å². The van der Waals surface area contributed by atoms with Crippen LogP contribution in [0.4, 0.5) is 9.52 Å². The second kappa shape index (κ2) is 7.54. The number of sulfone groups is 1. The molecule has 0 fully saturated rings. The third-order valence-corrected chi connectivity index (χ3v) is 5.54. The van der Waals surface area contributed by atoms with E-state index in [1.165, 1.54) is 29.7 Å². The van der Waals surface area contributed by atoms with Crippen LogP contribution in [0.25, 0.3) is 10.2 Å². The highest BCUT2D eigenvalue weighted by Gasteiger charge is 2.20. The molecular weight excluding hydrogens is 353 g/mol. The summed E-state index contributed by atoms with van der Waals surface area (Å²) in [6.07, 6.45) is 1.18. The number of likely N-dealkylation sites (N-methyl/N-ethyl adjacent to an activating group) is 1. The fraction of sp³-hybridized carbons (Fsp3) is 0.467. The Balaban J connectivity index is 2.02. The smallest absolute Gasteiger partial charge is 0.240 e. The Labute approximate surface area is 144 Å². The van der Waals surface area contributed by atoms with Gasteiger partial charge in [-0.3, -0.25) is 9.69 Å². The van der Waals surface area contributed by atoms with Crippen molar-refractivity contribution in [1.29, 1.82) is 0 Å². The van der Waals surface area contributed by atoms with Crippen molar-refractivity contribution in [2.75, 3.05) is 30.4 Å². The van der Waals surface area contributed by atoms with Crippen LogP contribution in [-0.2, 0) is 14.6 Å². The highest BCUT2D eigenvalue weighted by atomic mass is 32.2. The second-order valence-corrected chi connectivity index (χ2v) is 8.90. The Morgan fingerprint density at radius 2 is 2.17 bits per heavy atom. The third-order valence-electron chi connectivity index (χ3n) is 3.52. The first-order valence-corrected chi connectivity index (χ1v) is 10.3. The fourth-order valence-corrected chi connectivity index (χ4v) is 4.41. The minimum Gasteiger partial charge on any atom is -0.301 e. The number of benzene rings is 1. The zero-order chi connectivity index (χ0) is 17.9. The van der Waals surface area contributed by atoms with Crippen LogP contribution in [0.2, 0.25) is 0 Å². The molecule has 0 spiro atoms. The van der Waals surface area contributed by atoms with Crippen LogP contribution in [-0.4, -0.2) is 55.3 Å². The van der Waals surface area contributed by atoms with Crippen molar-refractivity contribution in [3.63, 3.8) is 0 Å². The average Bonchev–Trinajstić information content (AvgIpc) is 2.83. The van der Waals surface area contributed by atoms with E-state index in [-0.39, 0.29) is 30.1 Å². The van der Waals surface area contributed by atoms with Gasteiger partial charge in [0, 0.05) is 12.3 Å². The van der Waals surface area contributed by atoms with Gasteiger partial charge in [-0.25, -0.2) is 17.8 Å². The number of carbonyl (C=O) groups is 1. The van der Waals surface area contributed by atoms with E-state index < -0.39 is 9.84 Å². The van der Waals surface area contributed by atoms with Crippen LogP contribution in [0, 0.1) is 5.82 Å². The summed E-state index contributed by atoms with van der Waals surface area (Å²) in [6, 6.07) is 3.98. The highest BCUT2D eigenvalue weighted by Crippen LogP contribution is 2.26. The summed E-state index contributed by atoms with van der Waals surface area (Å²) in [7, 11) is -3.11. The number of rotatable bonds is 7. The van der Waals surface area contributed by atoms with Crippen molar-refractivity contribution in [3.8, 4) is 0 Å². The molecule has 0 aliphatic carbocycles. The standard InChI is InChI=1S/C15H20FN3O3S2/c1-4-19(10(2)9-24(3,21)22)8-14(20)18-15-17-12-6-5-11(16)7-13(12)23-15/h5-7,10H,4,8-9H2,1-3H3,(H,17,18,20). The lowest BCUT2D eigenvalue weighted by atomic mass is 10.3. The van der Waals surface area contributed by atoms with Gasteiger partial charge in [0.15, 0.2) is 5.13 Å². The molecule has 0 bridgehead atoms. The minimum absolute atomic E-state index is 0.00542. The van der Waals surface area contributed by atoms with Gasteiger partial charge < -0.3 is 5.32 Å². The van der Waals surface area contributed by atoms with Gasteiger partial charge in [-0.1, -0.05) is 18.3 Å². The molecule has 9 heteroatoms. The van der Waals surface area contributed by atoms with Crippen LogP contribution in [0.3, 0.4) is 0 Å². The van der Waals surface area contributed by atoms with Crippen molar-refractivity contribution < 1.29 is 17.6 Å². The van der Waals surface area contributed by atoms with Crippen LogP contribution in [0.1, 0.15) is 13.8 Å². The van der Waals surface area contributed by atoms with Crippen molar-refractivity contribution in [2.24, 2.45) is 0 Å². The van der Waals surface area contributed by atoms with E-state index in [2.05, 4.69) is 10.3 Å². The number of halogens is 1. The van der Waals surface area contributed by atoms with Gasteiger partial charge in [-0.15, -0.1) is 0 Å². The van der Waals surface area contributed by atoms with Gasteiger partial charge in [0.2, 0.25) is 5.91 Å². The predicted octanol–water partition coefficient (Wildman–Crippen LogP) is 2.13. The molecule has 24 heavy (non-hydrogen) atoms. The average molecular weight is 373 g/mol. The van der Waals surface area contributed by atoms with Crippen LogP contribution < -0.4 is 5.32 Å². The van der Waals surface area contributed by atoms with E-state index in [9.17, 15) is 17.6 Å². The van der Waals surface area contributed by atoms with Gasteiger partial charge in [-0.2, -0.15) is 0 Å². The van der Waals surface area contributed by atoms with Gasteiger partial charge in [0.05, 0.1) is 22.5 Å². The van der Waals surface area contributed by atoms with E-state index in [1.807, 2.05) is 6.92 Å². The number of nitrogens with one attached hydrogen (secondary N) is 1. The Kier molecular flexibility index (Phi) is 5.89. The summed E-state index contributed by atoms with van der Waals surface area (Å²) in [5.74, 6) is -0.637. The number of hydrogen-bond acceptors (Lipinski definition) is 6. The number of thiazole rings is 1. The van der Waals surface area contributed by atoms with Crippen molar-refractivity contribution in [1.82, 2.24) is 9.88 Å². The summed E-state index contributed by atoms with van der Waals surface area (Å²) in [5, 5.41) is 3.08. The monoisotopic (exact) mass is 373 g/mol. The minimum atomic E-state index is -3.11. The molecule has 0 aliphatic rings. The first kappa shape index (κ1) is 18.8. The normalized spacial score (nSPS) is 13.4. The Hall–Kier alpha value is -1.58. The Bertz CT molecular complexity index is 836. The number of nitrogens with zero attached hydrogens (tertiary/aromatic N) is 2. The molecule has 1 atom stereocenters. The van der Waals surface area contributed by atoms with E-state index in [4.69, 9.17) is 0 Å². The Morgan fingerprint density at radius 1 is 1.46 bits per heavy atom. The molecule has 0 saturated heterocycles. The maximum Gasteiger partial charge on any atom is 0.240 e. The van der Waals surface area contributed by atoms with Crippen molar-refractivity contribution in [3.05, 3.63) is 24.0 Å². The van der Waals surface area contributed by atoms with Crippen molar-refractivity contribution in [2.45, 2.75) is 19.9 Å². The molecule has 1 heterocycles. The molecule has 1 aromatic carbocycles. The molecule has 2 aromatic rings. The largest absolute Gasteiger partial charge is 0.301 e. The van der Waals surface area contributed by atoms with Gasteiger partial charge in [0.25, 0.3) is 0 Å². The van der Waals surface area contributed by atoms with E-state index in [0.29, 0.717) is 21.9 Å². The molecule has 1 unspecified atom stereocenters. The molecule has 132 valence electrons. The number of fused-ring (bicyclic) bond motifs is 1. The quantitative estimate of drug-likeness (QED) is 0.804. The molecule has 1 aromatic heterocycles. The maximum atomic E-state index is 13.2. The lowest BCUT2D eigenvalue weighted by molar-refractivity contribution is -0.117. The molecule has 1 N–H and O–H groups in total. The zero-order valence-corrected chi connectivity index (χ0v) is 15.4. The lowest BCUT2D eigenvalue weighted by Gasteiger charge is -2.26. The number of aromatic nitrogens is 1. The maximum absolute atomic E-state index is 13.2. The fourth-order valence-electron chi connectivity index (χ4n) is 2.42.